The number of aromatic nitrogens is 4. The minimum Gasteiger partial charge on any atom is -0.382 e. The first-order valence-corrected chi connectivity index (χ1v) is 8.66. The van der Waals surface area contributed by atoms with Gasteiger partial charge < -0.3 is 10.6 Å². The first-order valence-electron chi connectivity index (χ1n) is 7.87. The fourth-order valence-electron chi connectivity index (χ4n) is 3.17. The Morgan fingerprint density at radius 2 is 2.12 bits per heavy atom. The van der Waals surface area contributed by atoms with Crippen molar-refractivity contribution in [2.75, 3.05) is 17.2 Å². The number of fused-ring (bicyclic) bond motifs is 1. The molecule has 0 saturated carbocycles. The van der Waals surface area contributed by atoms with Gasteiger partial charge in [0, 0.05) is 17.8 Å². The van der Waals surface area contributed by atoms with Crippen LogP contribution in [0.4, 0.5) is 20.4 Å². The van der Waals surface area contributed by atoms with Gasteiger partial charge in [0.15, 0.2) is 0 Å². The minimum atomic E-state index is -0.684. The van der Waals surface area contributed by atoms with Crippen molar-refractivity contribution in [1.82, 2.24) is 20.0 Å². The number of H-pyrrole nitrogens is 1. The topological polar surface area (TPSA) is 75.8 Å². The molecule has 0 atom stereocenters. The highest BCUT2D eigenvalue weighted by Gasteiger charge is 2.31. The molecule has 0 saturated heterocycles. The summed E-state index contributed by atoms with van der Waals surface area (Å²) in [6.07, 6.45) is 1.68. The number of nitrogens with one attached hydrogen (secondary N) is 1. The maximum absolute atomic E-state index is 14.5. The molecule has 2 aromatic heterocycles. The molecule has 6 nitrogen and oxygen atoms in total. The number of nitrogen functional groups attached to an aromatic ring is 1. The van der Waals surface area contributed by atoms with Gasteiger partial charge in [-0.25, -0.2) is 13.5 Å². The molecule has 0 unspecified atom stereocenters. The van der Waals surface area contributed by atoms with Gasteiger partial charge in [-0.1, -0.05) is 6.58 Å². The summed E-state index contributed by atoms with van der Waals surface area (Å²) in [6.45, 7) is 6.87. The Labute approximate surface area is 156 Å². The second-order valence-corrected chi connectivity index (χ2v) is 6.88. The van der Waals surface area contributed by atoms with Crippen LogP contribution >= 0.6 is 15.9 Å². The summed E-state index contributed by atoms with van der Waals surface area (Å²) in [4.78, 5) is 1.76. The Morgan fingerprint density at radius 3 is 2.81 bits per heavy atom. The van der Waals surface area contributed by atoms with Crippen LogP contribution in [0, 0.1) is 18.6 Å². The van der Waals surface area contributed by atoms with Crippen LogP contribution in [0.25, 0.3) is 17.0 Å². The number of nitrogens with zero attached hydrogens (tertiary/aromatic N) is 4. The van der Waals surface area contributed by atoms with Crippen LogP contribution in [-0.2, 0) is 6.54 Å². The van der Waals surface area contributed by atoms with Gasteiger partial charge in [-0.2, -0.15) is 10.2 Å². The number of rotatable bonds is 3. The van der Waals surface area contributed by atoms with E-state index >= 15 is 0 Å². The van der Waals surface area contributed by atoms with Crippen molar-refractivity contribution < 1.29 is 8.78 Å². The van der Waals surface area contributed by atoms with E-state index in [4.69, 9.17) is 5.73 Å². The van der Waals surface area contributed by atoms with E-state index in [1.807, 2.05) is 6.92 Å². The molecule has 3 aromatic rings. The number of anilines is 2. The summed E-state index contributed by atoms with van der Waals surface area (Å²) in [7, 11) is 0. The molecule has 4 rings (SSSR count). The van der Waals surface area contributed by atoms with E-state index in [0.717, 1.165) is 16.8 Å². The maximum Gasteiger partial charge on any atom is 0.149 e. The van der Waals surface area contributed by atoms with E-state index in [2.05, 4.69) is 37.8 Å². The zero-order valence-electron chi connectivity index (χ0n) is 13.9. The molecule has 3 heterocycles. The highest BCUT2D eigenvalue weighted by molar-refractivity contribution is 9.10. The monoisotopic (exact) mass is 420 g/mol. The first kappa shape index (κ1) is 16.8. The smallest absolute Gasteiger partial charge is 0.149 e. The molecular weight excluding hydrogens is 406 g/mol. The standard InChI is InChI=1S/C17H15BrF2N6/c1-8-15(23-24-16(8)21)10-7-22-26-6-5-25(17(10)26)9(2)13-12(19)4-3-11(18)14(13)20/h3-4,7H,2,5-6H2,1H3,(H3,21,23,24). The third-order valence-corrected chi connectivity index (χ3v) is 5.19. The Morgan fingerprint density at radius 1 is 1.35 bits per heavy atom. The van der Waals surface area contributed by atoms with Gasteiger partial charge in [-0.05, 0) is 35.0 Å². The van der Waals surface area contributed by atoms with Gasteiger partial charge in [0.2, 0.25) is 0 Å². The number of nitrogens with two attached hydrogens (primary N) is 1. The Bertz CT molecular complexity index is 1040. The Hall–Kier alpha value is -2.68. The van der Waals surface area contributed by atoms with Crippen LogP contribution in [0.5, 0.6) is 0 Å². The number of aromatic amines is 1. The van der Waals surface area contributed by atoms with Gasteiger partial charge in [-0.3, -0.25) is 5.10 Å². The molecule has 0 radical (unpaired) electrons. The van der Waals surface area contributed by atoms with Crippen molar-refractivity contribution in [2.45, 2.75) is 13.5 Å². The zero-order valence-corrected chi connectivity index (χ0v) is 15.4. The molecule has 1 aliphatic heterocycles. The number of hydrogen-bond donors (Lipinski definition) is 2. The van der Waals surface area contributed by atoms with Crippen molar-refractivity contribution in [3.05, 3.63) is 52.1 Å². The molecule has 0 fully saturated rings. The van der Waals surface area contributed by atoms with Crippen LogP contribution in [0.3, 0.4) is 0 Å². The van der Waals surface area contributed by atoms with Gasteiger partial charge in [0.25, 0.3) is 0 Å². The van der Waals surface area contributed by atoms with Crippen molar-refractivity contribution in [2.24, 2.45) is 0 Å². The molecule has 1 aliphatic rings. The van der Waals surface area contributed by atoms with Crippen molar-refractivity contribution >= 4 is 33.3 Å². The van der Waals surface area contributed by atoms with Gasteiger partial charge in [-0.15, -0.1) is 0 Å². The van der Waals surface area contributed by atoms with E-state index in [9.17, 15) is 8.78 Å². The molecule has 0 amide bonds. The van der Waals surface area contributed by atoms with Crippen LogP contribution in [-0.4, -0.2) is 26.5 Å². The number of hydrogen-bond acceptors (Lipinski definition) is 4. The van der Waals surface area contributed by atoms with E-state index in [-0.39, 0.29) is 15.7 Å². The van der Waals surface area contributed by atoms with E-state index in [1.165, 1.54) is 12.1 Å². The van der Waals surface area contributed by atoms with E-state index < -0.39 is 11.6 Å². The molecule has 134 valence electrons. The summed E-state index contributed by atoms with van der Waals surface area (Å²) in [5.41, 5.74) is 8.15. The Balaban J connectivity index is 1.82. The predicted octanol–water partition coefficient (Wildman–Crippen LogP) is 3.70. The average molecular weight is 421 g/mol. The van der Waals surface area contributed by atoms with Crippen molar-refractivity contribution in [1.29, 1.82) is 0 Å². The lowest BCUT2D eigenvalue weighted by molar-refractivity contribution is 0.571. The van der Waals surface area contributed by atoms with E-state index in [1.54, 1.807) is 15.8 Å². The largest absolute Gasteiger partial charge is 0.382 e. The van der Waals surface area contributed by atoms with Crippen LogP contribution < -0.4 is 10.6 Å². The highest BCUT2D eigenvalue weighted by Crippen LogP contribution is 2.40. The third kappa shape index (κ3) is 2.34. The summed E-state index contributed by atoms with van der Waals surface area (Å²) in [6, 6.07) is 2.54. The molecule has 26 heavy (non-hydrogen) atoms. The van der Waals surface area contributed by atoms with Crippen LogP contribution in [0.15, 0.2) is 29.4 Å². The molecular formula is C17H15BrF2N6. The minimum absolute atomic E-state index is 0.166. The van der Waals surface area contributed by atoms with Crippen LogP contribution in [0.1, 0.15) is 11.1 Å². The second kappa shape index (κ2) is 5.94. The molecule has 9 heteroatoms. The van der Waals surface area contributed by atoms with E-state index in [0.29, 0.717) is 24.7 Å². The van der Waals surface area contributed by atoms with Gasteiger partial charge in [0.1, 0.15) is 23.3 Å². The quantitative estimate of drug-likeness (QED) is 0.633. The van der Waals surface area contributed by atoms with Crippen LogP contribution in [0.2, 0.25) is 0 Å². The fraction of sp³-hybridized carbons (Fsp3) is 0.176. The maximum atomic E-state index is 14.5. The third-order valence-electron chi connectivity index (χ3n) is 4.58. The first-order chi connectivity index (χ1) is 12.4. The van der Waals surface area contributed by atoms with Crippen molar-refractivity contribution in [3.63, 3.8) is 0 Å². The summed E-state index contributed by atoms with van der Waals surface area (Å²) < 4.78 is 30.8. The summed E-state index contributed by atoms with van der Waals surface area (Å²) >= 11 is 3.10. The molecule has 0 aliphatic carbocycles. The number of halogens is 3. The lowest BCUT2D eigenvalue weighted by atomic mass is 10.1. The predicted molar refractivity (Wildman–Crippen MR) is 99.4 cm³/mol. The Kier molecular flexibility index (Phi) is 3.83. The number of benzene rings is 1. The van der Waals surface area contributed by atoms with Gasteiger partial charge >= 0.3 is 0 Å². The SMILES string of the molecule is C=C(c1c(F)ccc(Br)c1F)N1CCn2ncc(-c3[nH]nc(N)c3C)c21. The summed E-state index contributed by atoms with van der Waals surface area (Å²) in [5, 5.41) is 11.3. The average Bonchev–Trinajstić information content (AvgIpc) is 3.28. The van der Waals surface area contributed by atoms with Gasteiger partial charge in [0.05, 0.1) is 34.0 Å². The lowest BCUT2D eigenvalue weighted by Gasteiger charge is -2.22. The summed E-state index contributed by atoms with van der Waals surface area (Å²) in [5.74, 6) is -0.262. The zero-order chi connectivity index (χ0) is 18.6. The molecule has 0 spiro atoms. The second-order valence-electron chi connectivity index (χ2n) is 6.03. The molecule has 1 aromatic carbocycles. The molecule has 3 N–H and O–H groups in total. The molecule has 0 bridgehead atoms. The highest BCUT2D eigenvalue weighted by atomic mass is 79.9. The lowest BCUT2D eigenvalue weighted by Crippen LogP contribution is -2.20. The normalized spacial score (nSPS) is 13.3. The van der Waals surface area contributed by atoms with Crippen molar-refractivity contribution in [3.8, 4) is 11.3 Å². The fourth-order valence-corrected chi connectivity index (χ4v) is 3.50.